The summed E-state index contributed by atoms with van der Waals surface area (Å²) in [5.41, 5.74) is 1.58. The molecule has 7 heteroatoms. The van der Waals surface area contributed by atoms with E-state index in [2.05, 4.69) is 12.2 Å². The van der Waals surface area contributed by atoms with Gasteiger partial charge in [-0.1, -0.05) is 6.92 Å². The van der Waals surface area contributed by atoms with Crippen LogP contribution in [0.2, 0.25) is 0 Å². The monoisotopic (exact) mass is 377 g/mol. The Labute approximate surface area is 156 Å². The first kappa shape index (κ1) is 18.7. The molecule has 2 aromatic heterocycles. The Bertz CT molecular complexity index is 782. The summed E-state index contributed by atoms with van der Waals surface area (Å²) < 4.78 is 10.3. The molecule has 3 rings (SSSR count). The van der Waals surface area contributed by atoms with Crippen molar-refractivity contribution in [1.82, 2.24) is 0 Å². The average molecular weight is 377 g/mol. The first-order chi connectivity index (χ1) is 12.5. The standard InChI is InChI=1S/C19H24N2O4S/c1-11-6-7-13-15(9-11)26-18(17(13)19(23)24-3)21-16(22)10-20-12(2)14-5-4-8-25-14/h4-5,8,11-12,20H,6-7,9-10H2,1-3H3,(H,21,22)/p+1/t11-,12-/m1/s1. The SMILES string of the molecule is COC(=O)c1c(NC(=O)C[NH2+][C@H](C)c2ccco2)sc2c1CC[C@@H](C)C2. The van der Waals surface area contributed by atoms with E-state index in [4.69, 9.17) is 9.15 Å². The van der Waals surface area contributed by atoms with E-state index in [1.54, 1.807) is 6.26 Å². The zero-order valence-electron chi connectivity index (χ0n) is 15.3. The summed E-state index contributed by atoms with van der Waals surface area (Å²) in [6.07, 6.45) is 4.48. The summed E-state index contributed by atoms with van der Waals surface area (Å²) in [5.74, 6) is 0.909. The van der Waals surface area contributed by atoms with Gasteiger partial charge in [-0.05, 0) is 49.8 Å². The summed E-state index contributed by atoms with van der Waals surface area (Å²) >= 11 is 1.50. The fourth-order valence-corrected chi connectivity index (χ4v) is 4.70. The number of anilines is 1. The second-order valence-corrected chi connectivity index (χ2v) is 7.94. The fraction of sp³-hybridized carbons (Fsp3) is 0.474. The van der Waals surface area contributed by atoms with Gasteiger partial charge in [0, 0.05) is 4.88 Å². The molecule has 3 N–H and O–H groups in total. The number of carbonyl (C=O) groups is 2. The minimum Gasteiger partial charge on any atom is -0.465 e. The maximum absolute atomic E-state index is 12.4. The third kappa shape index (κ3) is 3.99. The Kier molecular flexibility index (Phi) is 5.78. The molecule has 0 bridgehead atoms. The Morgan fingerprint density at radius 2 is 2.31 bits per heavy atom. The number of hydrogen-bond acceptors (Lipinski definition) is 5. The second-order valence-electron chi connectivity index (χ2n) is 6.84. The lowest BCUT2D eigenvalue weighted by atomic mass is 9.88. The van der Waals surface area contributed by atoms with Gasteiger partial charge < -0.3 is 19.8 Å². The number of esters is 1. The van der Waals surface area contributed by atoms with Crippen LogP contribution in [-0.4, -0.2) is 25.5 Å². The number of quaternary nitrogens is 1. The summed E-state index contributed by atoms with van der Waals surface area (Å²) in [6, 6.07) is 3.77. The van der Waals surface area contributed by atoms with E-state index in [9.17, 15) is 9.59 Å². The highest BCUT2D eigenvalue weighted by atomic mass is 32.1. The van der Waals surface area contributed by atoms with Crippen molar-refractivity contribution in [3.05, 3.63) is 40.2 Å². The second kappa shape index (κ2) is 8.05. The van der Waals surface area contributed by atoms with Crippen LogP contribution in [0.4, 0.5) is 5.00 Å². The van der Waals surface area contributed by atoms with Crippen molar-refractivity contribution < 1.29 is 24.1 Å². The van der Waals surface area contributed by atoms with Gasteiger partial charge >= 0.3 is 5.97 Å². The molecule has 0 spiro atoms. The van der Waals surface area contributed by atoms with Crippen LogP contribution in [0.25, 0.3) is 0 Å². The van der Waals surface area contributed by atoms with Gasteiger partial charge in [-0.15, -0.1) is 11.3 Å². The highest BCUT2D eigenvalue weighted by Crippen LogP contribution is 2.39. The van der Waals surface area contributed by atoms with Crippen molar-refractivity contribution in [2.75, 3.05) is 19.0 Å². The molecule has 1 aliphatic carbocycles. The number of rotatable bonds is 6. The Morgan fingerprint density at radius 3 is 3.00 bits per heavy atom. The summed E-state index contributed by atoms with van der Waals surface area (Å²) in [6.45, 7) is 4.45. The number of thiophene rings is 1. The van der Waals surface area contributed by atoms with Gasteiger partial charge in [0.2, 0.25) is 0 Å². The van der Waals surface area contributed by atoms with Crippen LogP contribution < -0.4 is 10.6 Å². The van der Waals surface area contributed by atoms with Crippen LogP contribution in [0.5, 0.6) is 0 Å². The molecule has 2 aromatic rings. The molecule has 26 heavy (non-hydrogen) atoms. The number of methoxy groups -OCH3 is 1. The minimum atomic E-state index is -0.375. The van der Waals surface area contributed by atoms with Crippen LogP contribution in [-0.2, 0) is 22.4 Å². The van der Waals surface area contributed by atoms with Crippen LogP contribution >= 0.6 is 11.3 Å². The molecule has 2 heterocycles. The number of carbonyl (C=O) groups excluding carboxylic acids is 2. The summed E-state index contributed by atoms with van der Waals surface area (Å²) in [4.78, 5) is 25.9. The number of nitrogens with two attached hydrogens (primary N) is 1. The molecule has 6 nitrogen and oxygen atoms in total. The average Bonchev–Trinajstić information content (AvgIpc) is 3.26. The maximum atomic E-state index is 12.4. The molecule has 0 saturated heterocycles. The van der Waals surface area contributed by atoms with Crippen LogP contribution in [0.15, 0.2) is 22.8 Å². The normalized spacial score (nSPS) is 17.4. The van der Waals surface area contributed by atoms with E-state index < -0.39 is 0 Å². The van der Waals surface area contributed by atoms with E-state index >= 15 is 0 Å². The van der Waals surface area contributed by atoms with Gasteiger partial charge in [0.1, 0.15) is 11.0 Å². The molecule has 0 saturated carbocycles. The topological polar surface area (TPSA) is 85.1 Å². The third-order valence-electron chi connectivity index (χ3n) is 4.80. The van der Waals surface area contributed by atoms with Crippen molar-refractivity contribution in [3.63, 3.8) is 0 Å². The Balaban J connectivity index is 1.70. The van der Waals surface area contributed by atoms with Gasteiger partial charge in [0.05, 0.1) is 18.9 Å². The lowest BCUT2D eigenvalue weighted by Gasteiger charge is -2.18. The number of ether oxygens (including phenoxy) is 1. The molecule has 140 valence electrons. The lowest BCUT2D eigenvalue weighted by molar-refractivity contribution is -0.684. The molecule has 0 unspecified atom stereocenters. The summed E-state index contributed by atoms with van der Waals surface area (Å²) in [7, 11) is 1.38. The van der Waals surface area contributed by atoms with Crippen LogP contribution in [0.1, 0.15) is 52.9 Å². The molecule has 1 amide bonds. The number of amides is 1. The minimum absolute atomic E-state index is 0.0493. The van der Waals surface area contributed by atoms with Gasteiger partial charge in [-0.3, -0.25) is 4.79 Å². The first-order valence-electron chi connectivity index (χ1n) is 8.89. The molecule has 0 aliphatic heterocycles. The third-order valence-corrected chi connectivity index (χ3v) is 5.97. The van der Waals surface area contributed by atoms with Crippen molar-refractivity contribution >= 4 is 28.2 Å². The van der Waals surface area contributed by atoms with Crippen molar-refractivity contribution in [2.45, 2.75) is 39.2 Å². The predicted octanol–water partition coefficient (Wildman–Crippen LogP) is 2.52. The molecule has 0 aromatic carbocycles. The number of hydrogen-bond donors (Lipinski definition) is 2. The zero-order chi connectivity index (χ0) is 18.7. The molecular weight excluding hydrogens is 352 g/mol. The Hall–Kier alpha value is -2.12. The smallest absolute Gasteiger partial charge is 0.341 e. The predicted molar refractivity (Wildman–Crippen MR) is 99.4 cm³/mol. The Morgan fingerprint density at radius 1 is 1.50 bits per heavy atom. The fourth-order valence-electron chi connectivity index (χ4n) is 3.28. The van der Waals surface area contributed by atoms with Gasteiger partial charge in [-0.2, -0.15) is 0 Å². The van der Waals surface area contributed by atoms with E-state index in [1.807, 2.05) is 24.4 Å². The van der Waals surface area contributed by atoms with E-state index in [0.29, 0.717) is 16.5 Å². The van der Waals surface area contributed by atoms with E-state index in [1.165, 1.54) is 23.3 Å². The molecule has 0 radical (unpaired) electrons. The molecule has 0 fully saturated rings. The zero-order valence-corrected chi connectivity index (χ0v) is 16.2. The largest absolute Gasteiger partial charge is 0.465 e. The van der Waals surface area contributed by atoms with Crippen molar-refractivity contribution in [1.29, 1.82) is 0 Å². The first-order valence-corrected chi connectivity index (χ1v) is 9.70. The highest BCUT2D eigenvalue weighted by Gasteiger charge is 2.29. The van der Waals surface area contributed by atoms with Gasteiger partial charge in [0.25, 0.3) is 5.91 Å². The number of fused-ring (bicyclic) bond motifs is 1. The van der Waals surface area contributed by atoms with Crippen LogP contribution in [0, 0.1) is 5.92 Å². The summed E-state index contributed by atoms with van der Waals surface area (Å²) in [5, 5.41) is 5.43. The quantitative estimate of drug-likeness (QED) is 0.758. The molecule has 2 atom stereocenters. The van der Waals surface area contributed by atoms with Gasteiger partial charge in [0.15, 0.2) is 12.3 Å². The van der Waals surface area contributed by atoms with E-state index in [-0.39, 0.29) is 24.5 Å². The van der Waals surface area contributed by atoms with Gasteiger partial charge in [-0.25, -0.2) is 4.79 Å². The highest BCUT2D eigenvalue weighted by molar-refractivity contribution is 7.17. The van der Waals surface area contributed by atoms with Crippen LogP contribution in [0.3, 0.4) is 0 Å². The molecular formula is C19H25N2O4S+. The number of furan rings is 1. The van der Waals surface area contributed by atoms with Crippen molar-refractivity contribution in [2.24, 2.45) is 5.92 Å². The molecule has 1 aliphatic rings. The maximum Gasteiger partial charge on any atom is 0.341 e. The number of nitrogens with one attached hydrogen (secondary N) is 1. The van der Waals surface area contributed by atoms with Crippen molar-refractivity contribution in [3.8, 4) is 0 Å². The van der Waals surface area contributed by atoms with E-state index in [0.717, 1.165) is 30.6 Å². The lowest BCUT2D eigenvalue weighted by Crippen LogP contribution is -2.86.